The fourth-order valence-electron chi connectivity index (χ4n) is 2.14. The summed E-state index contributed by atoms with van der Waals surface area (Å²) in [5, 5.41) is 3.58. The van der Waals surface area contributed by atoms with Crippen molar-refractivity contribution >= 4 is 23.5 Å². The lowest BCUT2D eigenvalue weighted by atomic mass is 10.1. The molecule has 0 spiro atoms. The first-order valence-corrected chi connectivity index (χ1v) is 7.76. The van der Waals surface area contributed by atoms with E-state index in [1.807, 2.05) is 23.5 Å². The van der Waals surface area contributed by atoms with Crippen LogP contribution in [0.1, 0.15) is 24.4 Å². The van der Waals surface area contributed by atoms with Crippen LogP contribution < -0.4 is 5.32 Å². The fraction of sp³-hybridized carbons (Fsp3) is 0.500. The minimum absolute atomic E-state index is 0.583. The van der Waals surface area contributed by atoms with Crippen LogP contribution >= 0.6 is 23.5 Å². The number of hydrogen-bond donors (Lipinski definition) is 1. The molecule has 0 saturated carbocycles. The van der Waals surface area contributed by atoms with Crippen molar-refractivity contribution in [3.8, 4) is 0 Å². The summed E-state index contributed by atoms with van der Waals surface area (Å²) in [6.07, 6.45) is 6.92. The summed E-state index contributed by atoms with van der Waals surface area (Å²) in [6.45, 7) is 1.17. The molecule has 1 heterocycles. The average molecular weight is 239 g/mol. The summed E-state index contributed by atoms with van der Waals surface area (Å²) >= 11 is 3.72. The van der Waals surface area contributed by atoms with Gasteiger partial charge in [-0.3, -0.25) is 0 Å². The quantitative estimate of drug-likeness (QED) is 0.810. The molecule has 1 aromatic rings. The summed E-state index contributed by atoms with van der Waals surface area (Å²) in [7, 11) is 0. The molecule has 82 valence electrons. The molecule has 0 aromatic heterocycles. The predicted molar refractivity (Wildman–Crippen MR) is 70.0 cm³/mol. The molecule has 1 saturated heterocycles. The third kappa shape index (κ3) is 2.35. The first-order valence-electron chi connectivity index (χ1n) is 5.31. The highest BCUT2D eigenvalue weighted by molar-refractivity contribution is 8.01. The molecule has 1 aliphatic rings. The van der Waals surface area contributed by atoms with Crippen molar-refractivity contribution in [2.24, 2.45) is 0 Å². The lowest BCUT2D eigenvalue weighted by Crippen LogP contribution is -2.13. The summed E-state index contributed by atoms with van der Waals surface area (Å²) in [5.74, 6) is 0. The lowest BCUT2D eigenvalue weighted by Gasteiger charge is -2.16. The average Bonchev–Trinajstić information content (AvgIpc) is 2.81. The van der Waals surface area contributed by atoms with Crippen molar-refractivity contribution in [1.29, 1.82) is 0 Å². The van der Waals surface area contributed by atoms with Gasteiger partial charge in [0.1, 0.15) is 0 Å². The maximum absolute atomic E-state index is 3.58. The predicted octanol–water partition coefficient (Wildman–Crippen LogP) is 3.55. The Morgan fingerprint density at radius 2 is 2.13 bits per heavy atom. The van der Waals surface area contributed by atoms with Crippen LogP contribution in [0.2, 0.25) is 0 Å². The molecule has 0 amide bonds. The van der Waals surface area contributed by atoms with Crippen molar-refractivity contribution in [1.82, 2.24) is 5.32 Å². The summed E-state index contributed by atoms with van der Waals surface area (Å²) < 4.78 is 0. The van der Waals surface area contributed by atoms with Crippen molar-refractivity contribution < 1.29 is 0 Å². The molecule has 15 heavy (non-hydrogen) atoms. The van der Waals surface area contributed by atoms with E-state index in [0.717, 1.165) is 0 Å². The standard InChI is InChI=1S/C12H17NS2/c1-14-11-7-3-5-9(12(11)15-2)10-6-4-8-13-10/h3,5,7,10,13H,4,6,8H2,1-2H3. The topological polar surface area (TPSA) is 12.0 Å². The van der Waals surface area contributed by atoms with Gasteiger partial charge in [-0.15, -0.1) is 23.5 Å². The summed E-state index contributed by atoms with van der Waals surface area (Å²) in [6, 6.07) is 7.25. The summed E-state index contributed by atoms with van der Waals surface area (Å²) in [5.41, 5.74) is 1.49. The second kappa shape index (κ2) is 5.28. The smallest absolute Gasteiger partial charge is 0.0332 e. The van der Waals surface area contributed by atoms with Crippen LogP contribution in [0.25, 0.3) is 0 Å². The molecule has 1 fully saturated rings. The van der Waals surface area contributed by atoms with Crippen molar-refractivity contribution in [3.05, 3.63) is 23.8 Å². The van der Waals surface area contributed by atoms with Crippen molar-refractivity contribution in [3.63, 3.8) is 0 Å². The molecule has 1 N–H and O–H groups in total. The molecule has 1 nitrogen and oxygen atoms in total. The Labute approximate surface area is 100 Å². The number of thioether (sulfide) groups is 2. The Balaban J connectivity index is 2.36. The zero-order valence-corrected chi connectivity index (χ0v) is 10.9. The number of benzene rings is 1. The van der Waals surface area contributed by atoms with Gasteiger partial charge in [0.15, 0.2) is 0 Å². The van der Waals surface area contributed by atoms with E-state index in [0.29, 0.717) is 6.04 Å². The van der Waals surface area contributed by atoms with Gasteiger partial charge < -0.3 is 5.32 Å². The van der Waals surface area contributed by atoms with Gasteiger partial charge in [-0.2, -0.15) is 0 Å². The van der Waals surface area contributed by atoms with Crippen LogP contribution in [-0.4, -0.2) is 19.1 Å². The van der Waals surface area contributed by atoms with Crippen LogP contribution in [0, 0.1) is 0 Å². The van der Waals surface area contributed by atoms with Crippen molar-refractivity contribution in [2.45, 2.75) is 28.7 Å². The van der Waals surface area contributed by atoms with E-state index in [2.05, 4.69) is 36.0 Å². The first kappa shape index (κ1) is 11.4. The van der Waals surface area contributed by atoms with Crippen molar-refractivity contribution in [2.75, 3.05) is 19.1 Å². The van der Waals surface area contributed by atoms with E-state index in [9.17, 15) is 0 Å². The van der Waals surface area contributed by atoms with Crippen LogP contribution in [-0.2, 0) is 0 Å². The van der Waals surface area contributed by atoms with Gasteiger partial charge >= 0.3 is 0 Å². The summed E-state index contributed by atoms with van der Waals surface area (Å²) in [4.78, 5) is 2.87. The van der Waals surface area contributed by atoms with Crippen LogP contribution in [0.15, 0.2) is 28.0 Å². The fourth-order valence-corrected chi connectivity index (χ4v) is 3.87. The molecule has 0 aliphatic carbocycles. The molecular formula is C12H17NS2. The molecule has 0 radical (unpaired) electrons. The van der Waals surface area contributed by atoms with E-state index in [-0.39, 0.29) is 0 Å². The molecule has 1 atom stereocenters. The first-order chi connectivity index (χ1) is 7.36. The Morgan fingerprint density at radius 1 is 1.27 bits per heavy atom. The second-order valence-corrected chi connectivity index (χ2v) is 5.40. The molecule has 1 unspecified atom stereocenters. The number of nitrogens with one attached hydrogen (secondary N) is 1. The van der Waals surface area contributed by atoms with Gasteiger partial charge in [-0.25, -0.2) is 0 Å². The van der Waals surface area contributed by atoms with Gasteiger partial charge in [0.05, 0.1) is 0 Å². The monoisotopic (exact) mass is 239 g/mol. The molecule has 0 bridgehead atoms. The number of rotatable bonds is 3. The zero-order valence-electron chi connectivity index (χ0n) is 9.25. The SMILES string of the molecule is CSc1cccc(C2CCCN2)c1SC. The Morgan fingerprint density at radius 3 is 2.73 bits per heavy atom. The van der Waals surface area contributed by atoms with E-state index in [4.69, 9.17) is 0 Å². The normalized spacial score (nSPS) is 20.8. The van der Waals surface area contributed by atoms with Crippen LogP contribution in [0.5, 0.6) is 0 Å². The molecule has 3 heteroatoms. The van der Waals surface area contributed by atoms with Crippen LogP contribution in [0.4, 0.5) is 0 Å². The lowest BCUT2D eigenvalue weighted by molar-refractivity contribution is 0.633. The molecule has 2 rings (SSSR count). The molecular weight excluding hydrogens is 222 g/mol. The minimum atomic E-state index is 0.583. The maximum Gasteiger partial charge on any atom is 0.0332 e. The minimum Gasteiger partial charge on any atom is -0.310 e. The van der Waals surface area contributed by atoms with Gasteiger partial charge in [-0.1, -0.05) is 12.1 Å². The van der Waals surface area contributed by atoms with E-state index < -0.39 is 0 Å². The zero-order chi connectivity index (χ0) is 10.7. The molecule has 1 aliphatic heterocycles. The van der Waals surface area contributed by atoms with E-state index in [1.165, 1.54) is 34.7 Å². The Hall–Kier alpha value is -0.120. The number of hydrogen-bond acceptors (Lipinski definition) is 3. The highest BCUT2D eigenvalue weighted by atomic mass is 32.2. The third-order valence-corrected chi connectivity index (χ3v) is 4.64. The van der Waals surface area contributed by atoms with E-state index >= 15 is 0 Å². The third-order valence-electron chi connectivity index (χ3n) is 2.87. The van der Waals surface area contributed by atoms with Gasteiger partial charge in [0.2, 0.25) is 0 Å². The van der Waals surface area contributed by atoms with Crippen LogP contribution in [0.3, 0.4) is 0 Å². The van der Waals surface area contributed by atoms with Gasteiger partial charge in [0, 0.05) is 15.8 Å². The second-order valence-electron chi connectivity index (χ2n) is 3.73. The van der Waals surface area contributed by atoms with E-state index in [1.54, 1.807) is 0 Å². The molecule has 1 aromatic carbocycles. The maximum atomic E-state index is 3.58. The Kier molecular flexibility index (Phi) is 4.00. The highest BCUT2D eigenvalue weighted by Crippen LogP contribution is 2.36. The Bertz CT molecular complexity index is 332. The highest BCUT2D eigenvalue weighted by Gasteiger charge is 2.20. The largest absolute Gasteiger partial charge is 0.310 e. The van der Waals surface area contributed by atoms with Gasteiger partial charge in [0.25, 0.3) is 0 Å². The van der Waals surface area contributed by atoms with Gasteiger partial charge in [-0.05, 0) is 43.5 Å².